The van der Waals surface area contributed by atoms with Crippen LogP contribution in [-0.4, -0.2) is 29.5 Å². The van der Waals surface area contributed by atoms with Crippen molar-refractivity contribution in [2.45, 2.75) is 51.4 Å². The Kier molecular flexibility index (Phi) is 3.44. The van der Waals surface area contributed by atoms with E-state index in [9.17, 15) is 4.79 Å². The number of methoxy groups -OCH3 is 1. The van der Waals surface area contributed by atoms with Gasteiger partial charge in [0.1, 0.15) is 17.5 Å². The van der Waals surface area contributed by atoms with Crippen LogP contribution in [0.25, 0.3) is 0 Å². The number of carbonyl (C=O) groups excluding carboxylic acids is 1. The first kappa shape index (κ1) is 14.4. The van der Waals surface area contributed by atoms with E-state index in [1.165, 1.54) is 0 Å². The monoisotopic (exact) mass is 288 g/mol. The van der Waals surface area contributed by atoms with Gasteiger partial charge >= 0.3 is 0 Å². The molecular weight excluding hydrogens is 264 g/mol. The van der Waals surface area contributed by atoms with E-state index in [-0.39, 0.29) is 23.7 Å². The van der Waals surface area contributed by atoms with Gasteiger partial charge in [0.05, 0.1) is 7.11 Å². The summed E-state index contributed by atoms with van der Waals surface area (Å²) < 4.78 is 5.32. The lowest BCUT2D eigenvalue weighted by Crippen LogP contribution is -2.41. The molecule has 3 rings (SSSR count). The summed E-state index contributed by atoms with van der Waals surface area (Å²) in [6, 6.07) is 8.21. The van der Waals surface area contributed by atoms with Crippen LogP contribution in [-0.2, 0) is 4.79 Å². The Morgan fingerprint density at radius 1 is 1.33 bits per heavy atom. The predicted octanol–water partition coefficient (Wildman–Crippen LogP) is 2.70. The zero-order chi connectivity index (χ0) is 15.2. The molecule has 2 atom stereocenters. The van der Waals surface area contributed by atoms with Gasteiger partial charge in [-0.05, 0) is 43.4 Å². The summed E-state index contributed by atoms with van der Waals surface area (Å²) in [5.41, 5.74) is 0.802. The molecule has 1 heterocycles. The summed E-state index contributed by atoms with van der Waals surface area (Å²) in [5, 5.41) is 3.57. The molecule has 2 unspecified atom stereocenters. The fourth-order valence-electron chi connectivity index (χ4n) is 3.04. The van der Waals surface area contributed by atoms with Crippen molar-refractivity contribution < 1.29 is 9.53 Å². The maximum Gasteiger partial charge on any atom is 0.244 e. The Hall–Kier alpha value is -1.55. The second-order valence-electron chi connectivity index (χ2n) is 6.60. The van der Waals surface area contributed by atoms with Gasteiger partial charge in [0.2, 0.25) is 5.91 Å². The Balaban J connectivity index is 1.96. The molecule has 0 radical (unpaired) electrons. The minimum absolute atomic E-state index is 0.0486. The third kappa shape index (κ3) is 2.31. The van der Waals surface area contributed by atoms with Crippen LogP contribution >= 0.6 is 0 Å². The van der Waals surface area contributed by atoms with E-state index < -0.39 is 0 Å². The maximum absolute atomic E-state index is 12.8. The molecule has 0 aromatic heterocycles. The lowest BCUT2D eigenvalue weighted by molar-refractivity contribution is -0.133. The summed E-state index contributed by atoms with van der Waals surface area (Å²) in [6.45, 7) is 6.47. The van der Waals surface area contributed by atoms with Crippen LogP contribution in [0, 0.1) is 5.92 Å². The lowest BCUT2D eigenvalue weighted by atomic mass is 10.0. The van der Waals surface area contributed by atoms with Gasteiger partial charge < -0.3 is 9.64 Å². The van der Waals surface area contributed by atoms with Crippen LogP contribution in [0.4, 0.5) is 0 Å². The molecule has 1 saturated heterocycles. The van der Waals surface area contributed by atoms with Gasteiger partial charge in [-0.15, -0.1) is 0 Å². The van der Waals surface area contributed by atoms with Crippen molar-refractivity contribution in [3.63, 3.8) is 0 Å². The van der Waals surface area contributed by atoms with Gasteiger partial charge in [0.15, 0.2) is 0 Å². The van der Waals surface area contributed by atoms with Crippen LogP contribution in [0.1, 0.15) is 45.3 Å². The normalized spacial score (nSPS) is 24.7. The molecule has 1 spiro atoms. The van der Waals surface area contributed by atoms with Crippen molar-refractivity contribution in [3.05, 3.63) is 29.8 Å². The van der Waals surface area contributed by atoms with Crippen LogP contribution < -0.4 is 10.1 Å². The fraction of sp³-hybridized carbons (Fsp3) is 0.588. The molecule has 21 heavy (non-hydrogen) atoms. The number of nitrogens with one attached hydrogen (secondary N) is 1. The second kappa shape index (κ2) is 5.02. The number of hydrogen-bond acceptors (Lipinski definition) is 3. The van der Waals surface area contributed by atoms with E-state index in [1.807, 2.05) is 23.1 Å². The average molecular weight is 288 g/mol. The third-order valence-corrected chi connectivity index (χ3v) is 4.90. The smallest absolute Gasteiger partial charge is 0.244 e. The molecule has 2 aliphatic rings. The lowest BCUT2D eigenvalue weighted by Gasteiger charge is -2.33. The highest BCUT2D eigenvalue weighted by Gasteiger charge is 2.60. The van der Waals surface area contributed by atoms with Crippen molar-refractivity contribution >= 4 is 5.91 Å². The van der Waals surface area contributed by atoms with E-state index >= 15 is 0 Å². The molecule has 1 aliphatic heterocycles. The SMILES string of the molecule is COc1cccc(C2NC3(CC3)C(=O)N2C(C)C(C)C)c1. The topological polar surface area (TPSA) is 41.6 Å². The molecule has 1 saturated carbocycles. The standard InChI is InChI=1S/C17H24N2O2/c1-11(2)12(3)19-15(18-17(8-9-17)16(19)20)13-6-5-7-14(10-13)21-4/h5-7,10-12,15,18H,8-9H2,1-4H3. The number of nitrogens with zero attached hydrogens (tertiary/aromatic N) is 1. The Labute approximate surface area is 126 Å². The van der Waals surface area contributed by atoms with Crippen LogP contribution in [0.3, 0.4) is 0 Å². The fourth-order valence-corrected chi connectivity index (χ4v) is 3.04. The number of rotatable bonds is 4. The van der Waals surface area contributed by atoms with Crippen LogP contribution in [0.5, 0.6) is 5.75 Å². The van der Waals surface area contributed by atoms with E-state index in [2.05, 4.69) is 32.2 Å². The Morgan fingerprint density at radius 2 is 2.05 bits per heavy atom. The molecule has 1 aromatic carbocycles. The largest absolute Gasteiger partial charge is 0.497 e. The highest BCUT2D eigenvalue weighted by Crippen LogP contribution is 2.47. The first-order chi connectivity index (χ1) is 9.98. The average Bonchev–Trinajstić information content (AvgIpc) is 3.20. The molecule has 4 nitrogen and oxygen atoms in total. The zero-order valence-corrected chi connectivity index (χ0v) is 13.2. The molecule has 1 amide bonds. The molecule has 0 bridgehead atoms. The quantitative estimate of drug-likeness (QED) is 0.926. The minimum Gasteiger partial charge on any atom is -0.497 e. The first-order valence-corrected chi connectivity index (χ1v) is 7.73. The highest BCUT2D eigenvalue weighted by molar-refractivity contribution is 5.92. The van der Waals surface area contributed by atoms with Gasteiger partial charge in [0.25, 0.3) is 0 Å². The van der Waals surface area contributed by atoms with Crippen molar-refractivity contribution in [2.24, 2.45) is 5.92 Å². The summed E-state index contributed by atoms with van der Waals surface area (Å²) in [5.74, 6) is 1.52. The zero-order valence-electron chi connectivity index (χ0n) is 13.2. The summed E-state index contributed by atoms with van der Waals surface area (Å²) in [6.07, 6.45) is 1.86. The van der Waals surface area contributed by atoms with E-state index in [0.29, 0.717) is 5.92 Å². The Bertz CT molecular complexity index is 551. The predicted molar refractivity (Wildman–Crippen MR) is 82.0 cm³/mol. The van der Waals surface area contributed by atoms with Crippen molar-refractivity contribution in [2.75, 3.05) is 7.11 Å². The number of benzene rings is 1. The molecule has 1 aliphatic carbocycles. The molecular formula is C17H24N2O2. The van der Waals surface area contributed by atoms with Crippen molar-refractivity contribution in [1.82, 2.24) is 10.2 Å². The number of amides is 1. The van der Waals surface area contributed by atoms with Crippen molar-refractivity contribution in [3.8, 4) is 5.75 Å². The van der Waals surface area contributed by atoms with Gasteiger partial charge in [0, 0.05) is 6.04 Å². The first-order valence-electron chi connectivity index (χ1n) is 7.73. The molecule has 1 N–H and O–H groups in total. The van der Waals surface area contributed by atoms with E-state index in [1.54, 1.807) is 7.11 Å². The summed E-state index contributed by atoms with van der Waals surface area (Å²) in [4.78, 5) is 14.8. The second-order valence-corrected chi connectivity index (χ2v) is 6.60. The maximum atomic E-state index is 12.8. The Morgan fingerprint density at radius 3 is 2.62 bits per heavy atom. The number of carbonyl (C=O) groups is 1. The van der Waals surface area contributed by atoms with Crippen LogP contribution in [0.15, 0.2) is 24.3 Å². The van der Waals surface area contributed by atoms with Crippen molar-refractivity contribution in [1.29, 1.82) is 0 Å². The summed E-state index contributed by atoms with van der Waals surface area (Å²) >= 11 is 0. The van der Waals surface area contributed by atoms with E-state index in [4.69, 9.17) is 4.74 Å². The number of ether oxygens (including phenoxy) is 1. The highest BCUT2D eigenvalue weighted by atomic mass is 16.5. The van der Waals surface area contributed by atoms with Gasteiger partial charge in [-0.1, -0.05) is 26.0 Å². The molecule has 2 fully saturated rings. The van der Waals surface area contributed by atoms with Gasteiger partial charge in [-0.3, -0.25) is 10.1 Å². The van der Waals surface area contributed by atoms with Gasteiger partial charge in [-0.25, -0.2) is 0 Å². The molecule has 1 aromatic rings. The van der Waals surface area contributed by atoms with Crippen LogP contribution in [0.2, 0.25) is 0 Å². The van der Waals surface area contributed by atoms with Gasteiger partial charge in [-0.2, -0.15) is 0 Å². The molecule has 114 valence electrons. The summed E-state index contributed by atoms with van der Waals surface area (Å²) in [7, 11) is 1.67. The molecule has 4 heteroatoms. The number of hydrogen-bond donors (Lipinski definition) is 1. The van der Waals surface area contributed by atoms with E-state index in [0.717, 1.165) is 24.2 Å². The minimum atomic E-state index is -0.295. The third-order valence-electron chi connectivity index (χ3n) is 4.90.